The van der Waals surface area contributed by atoms with Gasteiger partial charge in [-0.25, -0.2) is 13.2 Å². The molecule has 0 aliphatic carbocycles. The number of carboxylic acid groups (broad SMARTS) is 1. The summed E-state index contributed by atoms with van der Waals surface area (Å²) < 4.78 is 23.1. The first-order valence-electron chi connectivity index (χ1n) is 7.14. The molecule has 0 aromatic heterocycles. The van der Waals surface area contributed by atoms with Crippen molar-refractivity contribution in [3.05, 3.63) is 0 Å². The van der Waals surface area contributed by atoms with Crippen molar-refractivity contribution in [2.45, 2.75) is 44.7 Å². The Kier molecular flexibility index (Phi) is 4.19. The maximum absolute atomic E-state index is 12.3. The Morgan fingerprint density at radius 2 is 2.05 bits per heavy atom. The normalized spacial score (nSPS) is 35.4. The molecule has 3 atom stereocenters. The lowest BCUT2D eigenvalue weighted by atomic mass is 9.92. The minimum Gasteiger partial charge on any atom is -0.481 e. The summed E-state index contributed by atoms with van der Waals surface area (Å²) in [6.45, 7) is 3.94. The Bertz CT molecular complexity index is 547. The SMILES string of the molecule is CC1CC(C(=O)O)CCN1C(=O)NC1(C)CCS(=O)(=O)C1. The number of aliphatic carboxylic acids is 1. The van der Waals surface area contributed by atoms with Crippen LogP contribution in [0.15, 0.2) is 0 Å². The first-order valence-corrected chi connectivity index (χ1v) is 8.96. The molecule has 0 bridgehead atoms. The van der Waals surface area contributed by atoms with Gasteiger partial charge in [-0.2, -0.15) is 0 Å². The smallest absolute Gasteiger partial charge is 0.318 e. The second-order valence-corrected chi connectivity index (χ2v) is 8.62. The maximum Gasteiger partial charge on any atom is 0.318 e. The Hall–Kier alpha value is -1.31. The van der Waals surface area contributed by atoms with Crippen LogP contribution < -0.4 is 5.32 Å². The Morgan fingerprint density at radius 3 is 2.52 bits per heavy atom. The fourth-order valence-corrected chi connectivity index (χ4v) is 5.23. The summed E-state index contributed by atoms with van der Waals surface area (Å²) >= 11 is 0. The van der Waals surface area contributed by atoms with Crippen molar-refractivity contribution in [2.75, 3.05) is 18.1 Å². The van der Waals surface area contributed by atoms with Gasteiger partial charge in [0.15, 0.2) is 9.84 Å². The van der Waals surface area contributed by atoms with Crippen molar-refractivity contribution in [3.63, 3.8) is 0 Å². The average Bonchev–Trinajstić information content (AvgIpc) is 2.62. The number of carboxylic acids is 1. The van der Waals surface area contributed by atoms with Crippen LogP contribution in [-0.2, 0) is 14.6 Å². The number of carbonyl (C=O) groups excluding carboxylic acids is 1. The molecule has 7 nitrogen and oxygen atoms in total. The number of nitrogens with one attached hydrogen (secondary N) is 1. The van der Waals surface area contributed by atoms with Crippen molar-refractivity contribution >= 4 is 21.8 Å². The predicted octanol–water partition coefficient (Wildman–Crippen LogP) is 0.458. The van der Waals surface area contributed by atoms with E-state index in [2.05, 4.69) is 5.32 Å². The van der Waals surface area contributed by atoms with E-state index < -0.39 is 27.3 Å². The third-order valence-electron chi connectivity index (χ3n) is 4.40. The van der Waals surface area contributed by atoms with Crippen LogP contribution in [0.1, 0.15) is 33.1 Å². The van der Waals surface area contributed by atoms with Gasteiger partial charge >= 0.3 is 12.0 Å². The predicted molar refractivity (Wildman–Crippen MR) is 76.7 cm³/mol. The van der Waals surface area contributed by atoms with Crippen LogP contribution in [0, 0.1) is 5.92 Å². The summed E-state index contributed by atoms with van der Waals surface area (Å²) in [6.07, 6.45) is 1.28. The molecule has 8 heteroatoms. The number of hydrogen-bond donors (Lipinski definition) is 2. The van der Waals surface area contributed by atoms with E-state index in [1.165, 1.54) is 0 Å². The summed E-state index contributed by atoms with van der Waals surface area (Å²) in [6, 6.07) is -0.465. The average molecular weight is 318 g/mol. The zero-order valence-electron chi connectivity index (χ0n) is 12.3. The van der Waals surface area contributed by atoms with E-state index in [4.69, 9.17) is 5.11 Å². The number of likely N-dealkylation sites (tertiary alicyclic amines) is 1. The highest BCUT2D eigenvalue weighted by Crippen LogP contribution is 2.26. The van der Waals surface area contributed by atoms with Crippen LogP contribution >= 0.6 is 0 Å². The molecular formula is C13H22N2O5S. The van der Waals surface area contributed by atoms with Crippen LogP contribution in [0.3, 0.4) is 0 Å². The quantitative estimate of drug-likeness (QED) is 0.770. The highest BCUT2D eigenvalue weighted by atomic mass is 32.2. The van der Waals surface area contributed by atoms with Gasteiger partial charge in [0.2, 0.25) is 0 Å². The van der Waals surface area contributed by atoms with Gasteiger partial charge in [-0.3, -0.25) is 4.79 Å². The minimum absolute atomic E-state index is 0.0360. The molecule has 2 fully saturated rings. The van der Waals surface area contributed by atoms with Crippen LogP contribution in [0.25, 0.3) is 0 Å². The maximum atomic E-state index is 12.3. The summed E-state index contributed by atoms with van der Waals surface area (Å²) in [5, 5.41) is 11.8. The second-order valence-electron chi connectivity index (χ2n) is 6.43. The van der Waals surface area contributed by atoms with Crippen molar-refractivity contribution < 1.29 is 23.1 Å². The number of amides is 2. The van der Waals surface area contributed by atoms with E-state index in [0.29, 0.717) is 25.8 Å². The highest BCUT2D eigenvalue weighted by Gasteiger charge is 2.41. The van der Waals surface area contributed by atoms with Gasteiger partial charge in [-0.1, -0.05) is 0 Å². The van der Waals surface area contributed by atoms with E-state index in [1.54, 1.807) is 11.8 Å². The van der Waals surface area contributed by atoms with Crippen LogP contribution in [0.2, 0.25) is 0 Å². The van der Waals surface area contributed by atoms with Gasteiger partial charge in [0.25, 0.3) is 0 Å². The Balaban J connectivity index is 1.97. The standard InChI is InChI=1S/C13H22N2O5S/c1-9-7-10(11(16)17)3-5-15(9)12(18)14-13(2)4-6-21(19,20)8-13/h9-10H,3-8H2,1-2H3,(H,14,18)(H,16,17). The van der Waals surface area contributed by atoms with Crippen molar-refractivity contribution in [1.82, 2.24) is 10.2 Å². The molecule has 2 heterocycles. The number of sulfone groups is 1. The van der Waals surface area contributed by atoms with Crippen molar-refractivity contribution in [3.8, 4) is 0 Å². The van der Waals surface area contributed by atoms with Crippen LogP contribution in [0.5, 0.6) is 0 Å². The third kappa shape index (κ3) is 3.66. The lowest BCUT2D eigenvalue weighted by Gasteiger charge is -2.38. The molecule has 2 rings (SSSR count). The van der Waals surface area contributed by atoms with Gasteiger partial charge in [0.1, 0.15) is 0 Å². The molecule has 0 radical (unpaired) electrons. The molecule has 0 saturated carbocycles. The molecule has 0 spiro atoms. The van der Waals surface area contributed by atoms with Crippen LogP contribution in [0.4, 0.5) is 4.79 Å². The van der Waals surface area contributed by atoms with Crippen LogP contribution in [-0.4, -0.2) is 60.1 Å². The second kappa shape index (κ2) is 5.47. The molecule has 2 amide bonds. The van der Waals surface area contributed by atoms with E-state index in [9.17, 15) is 18.0 Å². The molecule has 3 unspecified atom stereocenters. The third-order valence-corrected chi connectivity index (χ3v) is 6.30. The minimum atomic E-state index is -3.07. The molecule has 21 heavy (non-hydrogen) atoms. The Morgan fingerprint density at radius 1 is 1.38 bits per heavy atom. The molecule has 120 valence electrons. The van der Waals surface area contributed by atoms with E-state index in [-0.39, 0.29) is 23.6 Å². The molecule has 0 aromatic rings. The molecule has 2 aliphatic heterocycles. The fraction of sp³-hybridized carbons (Fsp3) is 0.846. The molecule has 2 aliphatic rings. The number of rotatable bonds is 2. The van der Waals surface area contributed by atoms with Crippen molar-refractivity contribution in [1.29, 1.82) is 0 Å². The zero-order valence-corrected chi connectivity index (χ0v) is 13.1. The van der Waals surface area contributed by atoms with E-state index in [1.807, 2.05) is 6.92 Å². The van der Waals surface area contributed by atoms with Gasteiger partial charge < -0.3 is 15.3 Å². The van der Waals surface area contributed by atoms with Gasteiger partial charge in [0, 0.05) is 12.6 Å². The highest BCUT2D eigenvalue weighted by molar-refractivity contribution is 7.91. The summed E-state index contributed by atoms with van der Waals surface area (Å²) in [5.41, 5.74) is -0.723. The number of urea groups is 1. The number of carbonyl (C=O) groups is 2. The van der Waals surface area contributed by atoms with E-state index >= 15 is 0 Å². The van der Waals surface area contributed by atoms with Gasteiger partial charge in [-0.15, -0.1) is 0 Å². The number of nitrogens with zero attached hydrogens (tertiary/aromatic N) is 1. The number of hydrogen-bond acceptors (Lipinski definition) is 4. The summed E-state index contributed by atoms with van der Waals surface area (Å²) in [7, 11) is -3.07. The Labute approximate surface area is 124 Å². The zero-order chi connectivity index (χ0) is 15.8. The lowest BCUT2D eigenvalue weighted by Crippen LogP contribution is -2.56. The molecule has 0 aromatic carbocycles. The first kappa shape index (κ1) is 16.1. The first-order chi connectivity index (χ1) is 9.62. The monoisotopic (exact) mass is 318 g/mol. The largest absolute Gasteiger partial charge is 0.481 e. The summed E-state index contributed by atoms with van der Waals surface area (Å²) in [5.74, 6) is -1.17. The van der Waals surface area contributed by atoms with Gasteiger partial charge in [0.05, 0.1) is 23.0 Å². The topological polar surface area (TPSA) is 104 Å². The van der Waals surface area contributed by atoms with E-state index in [0.717, 1.165) is 0 Å². The molecule has 2 saturated heterocycles. The van der Waals surface area contributed by atoms with Gasteiger partial charge in [-0.05, 0) is 33.1 Å². The fourth-order valence-electron chi connectivity index (χ4n) is 3.14. The summed E-state index contributed by atoms with van der Waals surface area (Å²) in [4.78, 5) is 24.9. The number of piperidine rings is 1. The molecule has 2 N–H and O–H groups in total. The lowest BCUT2D eigenvalue weighted by molar-refractivity contribution is -0.143. The molecular weight excluding hydrogens is 296 g/mol. The van der Waals surface area contributed by atoms with Crippen molar-refractivity contribution in [2.24, 2.45) is 5.92 Å².